The largest absolute Gasteiger partial charge is 0.378 e. The van der Waals surface area contributed by atoms with Crippen LogP contribution in [0, 0.1) is 0 Å². The highest BCUT2D eigenvalue weighted by Crippen LogP contribution is 2.14. The van der Waals surface area contributed by atoms with E-state index in [9.17, 15) is 0 Å². The first-order chi connectivity index (χ1) is 12.8. The van der Waals surface area contributed by atoms with E-state index in [1.54, 1.807) is 6.20 Å². The number of benzene rings is 1. The Morgan fingerprint density at radius 2 is 2.00 bits per heavy atom. The molecule has 0 unspecified atom stereocenters. The highest BCUT2D eigenvalue weighted by molar-refractivity contribution is 5.80. The molecule has 1 aliphatic rings. The lowest BCUT2D eigenvalue weighted by molar-refractivity contribution is 0.0263. The molecular weight excluding hydrogens is 326 g/mol. The number of guanidine groups is 1. The van der Waals surface area contributed by atoms with Gasteiger partial charge in [-0.1, -0.05) is 12.1 Å². The summed E-state index contributed by atoms with van der Waals surface area (Å²) in [6.45, 7) is 8.52. The average Bonchev–Trinajstić information content (AvgIpc) is 3.21. The molecule has 0 atom stereocenters. The topological polar surface area (TPSA) is 54.7 Å². The van der Waals surface area contributed by atoms with Gasteiger partial charge in [0.2, 0.25) is 0 Å². The Kier molecular flexibility index (Phi) is 6.66. The zero-order chi connectivity index (χ0) is 18.2. The van der Waals surface area contributed by atoms with Crippen molar-refractivity contribution < 1.29 is 4.74 Å². The maximum absolute atomic E-state index is 5.75. The molecule has 140 valence electrons. The highest BCUT2D eigenvalue weighted by Gasteiger charge is 2.21. The second-order valence-electron chi connectivity index (χ2n) is 6.43. The number of nitrogens with zero attached hydrogens (tertiary/aromatic N) is 4. The Labute approximate surface area is 155 Å². The summed E-state index contributed by atoms with van der Waals surface area (Å²) in [5, 5.41) is 7.68. The number of hydrogen-bond donors (Lipinski definition) is 1. The summed E-state index contributed by atoms with van der Waals surface area (Å²) in [6.07, 6.45) is 6.26. The van der Waals surface area contributed by atoms with Gasteiger partial charge in [-0.25, -0.2) is 9.67 Å². The first-order valence-electron chi connectivity index (χ1n) is 9.54. The molecule has 1 aromatic carbocycles. The van der Waals surface area contributed by atoms with Crippen molar-refractivity contribution in [2.75, 3.05) is 26.2 Å². The van der Waals surface area contributed by atoms with Crippen LogP contribution in [0.3, 0.4) is 0 Å². The van der Waals surface area contributed by atoms with Gasteiger partial charge in [0.1, 0.15) is 0 Å². The molecule has 0 bridgehead atoms. The van der Waals surface area contributed by atoms with E-state index >= 15 is 0 Å². The van der Waals surface area contributed by atoms with Crippen molar-refractivity contribution in [3.05, 3.63) is 48.3 Å². The summed E-state index contributed by atoms with van der Waals surface area (Å²) in [7, 11) is 0. The quantitative estimate of drug-likeness (QED) is 0.639. The Bertz CT molecular complexity index is 673. The maximum Gasteiger partial charge on any atom is 0.194 e. The smallest absolute Gasteiger partial charge is 0.194 e. The second-order valence-corrected chi connectivity index (χ2v) is 6.43. The van der Waals surface area contributed by atoms with Gasteiger partial charge in [-0.05, 0) is 50.5 Å². The zero-order valence-electron chi connectivity index (χ0n) is 15.8. The number of aromatic nitrogens is 2. The van der Waals surface area contributed by atoms with E-state index in [0.29, 0.717) is 12.6 Å². The lowest BCUT2D eigenvalue weighted by Crippen LogP contribution is -2.47. The summed E-state index contributed by atoms with van der Waals surface area (Å²) in [6, 6.07) is 10.3. The Hall–Kier alpha value is -2.34. The summed E-state index contributed by atoms with van der Waals surface area (Å²) in [5.41, 5.74) is 2.26. The van der Waals surface area contributed by atoms with Gasteiger partial charge in [-0.2, -0.15) is 5.10 Å². The van der Waals surface area contributed by atoms with E-state index in [4.69, 9.17) is 9.73 Å². The van der Waals surface area contributed by atoms with Gasteiger partial charge in [-0.15, -0.1) is 0 Å². The van der Waals surface area contributed by atoms with Gasteiger partial charge in [-0.3, -0.25) is 0 Å². The standard InChI is InChI=1S/C20H29N5O/c1-3-21-20(24-14-10-19(11-15-24)26-4-2)22-16-17-6-8-18(9-7-17)25-13-5-12-23-25/h5-9,12-13,19H,3-4,10-11,14-16H2,1-2H3,(H,21,22). The van der Waals surface area contributed by atoms with Gasteiger partial charge in [0.25, 0.3) is 0 Å². The molecule has 26 heavy (non-hydrogen) atoms. The average molecular weight is 355 g/mol. The predicted molar refractivity (Wildman–Crippen MR) is 105 cm³/mol. The molecule has 0 saturated carbocycles. The lowest BCUT2D eigenvalue weighted by Gasteiger charge is -2.34. The van der Waals surface area contributed by atoms with Crippen LogP contribution in [0.15, 0.2) is 47.7 Å². The fourth-order valence-corrected chi connectivity index (χ4v) is 3.24. The molecule has 3 rings (SSSR count). The van der Waals surface area contributed by atoms with Gasteiger partial charge < -0.3 is 15.0 Å². The SMILES string of the molecule is CCNC(=NCc1ccc(-n2cccn2)cc1)N1CCC(OCC)CC1. The fraction of sp³-hybridized carbons (Fsp3) is 0.500. The van der Waals surface area contributed by atoms with Crippen molar-refractivity contribution >= 4 is 5.96 Å². The third kappa shape index (κ3) is 4.85. The molecule has 6 heteroatoms. The predicted octanol–water partition coefficient (Wildman–Crippen LogP) is 2.84. The number of hydrogen-bond acceptors (Lipinski definition) is 3. The summed E-state index contributed by atoms with van der Waals surface area (Å²) < 4.78 is 7.61. The number of rotatable bonds is 6. The number of nitrogens with one attached hydrogen (secondary N) is 1. The molecule has 1 N–H and O–H groups in total. The van der Waals surface area contributed by atoms with Crippen molar-refractivity contribution in [3.8, 4) is 5.69 Å². The van der Waals surface area contributed by atoms with Crippen LogP contribution >= 0.6 is 0 Å². The molecule has 0 aliphatic carbocycles. The van der Waals surface area contributed by atoms with E-state index < -0.39 is 0 Å². The summed E-state index contributed by atoms with van der Waals surface area (Å²) in [5.74, 6) is 0.999. The van der Waals surface area contributed by atoms with Crippen LogP contribution in [0.2, 0.25) is 0 Å². The number of aliphatic imine (C=N–C) groups is 1. The van der Waals surface area contributed by atoms with Crippen LogP contribution in [-0.4, -0.2) is 53.0 Å². The molecule has 1 saturated heterocycles. The minimum atomic E-state index is 0.397. The molecule has 2 heterocycles. The van der Waals surface area contributed by atoms with Crippen molar-refractivity contribution in [2.24, 2.45) is 4.99 Å². The number of piperidine rings is 1. The molecular formula is C20H29N5O. The third-order valence-electron chi connectivity index (χ3n) is 4.60. The summed E-state index contributed by atoms with van der Waals surface area (Å²) in [4.78, 5) is 7.18. The van der Waals surface area contributed by atoms with Gasteiger partial charge >= 0.3 is 0 Å². The van der Waals surface area contributed by atoms with Crippen LogP contribution in [0.4, 0.5) is 0 Å². The van der Waals surface area contributed by atoms with Crippen molar-refractivity contribution in [2.45, 2.75) is 39.3 Å². The Morgan fingerprint density at radius 3 is 2.62 bits per heavy atom. The van der Waals surface area contributed by atoms with Crippen LogP contribution in [0.25, 0.3) is 5.69 Å². The minimum Gasteiger partial charge on any atom is -0.378 e. The Morgan fingerprint density at radius 1 is 1.23 bits per heavy atom. The molecule has 0 amide bonds. The molecule has 1 aromatic heterocycles. The third-order valence-corrected chi connectivity index (χ3v) is 4.60. The van der Waals surface area contributed by atoms with Crippen LogP contribution in [0.5, 0.6) is 0 Å². The van der Waals surface area contributed by atoms with Crippen LogP contribution in [-0.2, 0) is 11.3 Å². The van der Waals surface area contributed by atoms with E-state index in [1.807, 2.05) is 16.9 Å². The number of likely N-dealkylation sites (tertiary alicyclic amines) is 1. The normalized spacial score (nSPS) is 16.1. The molecule has 6 nitrogen and oxygen atoms in total. The van der Waals surface area contributed by atoms with Crippen molar-refractivity contribution in [3.63, 3.8) is 0 Å². The Balaban J connectivity index is 1.60. The maximum atomic E-state index is 5.75. The van der Waals surface area contributed by atoms with E-state index in [-0.39, 0.29) is 0 Å². The number of ether oxygens (including phenoxy) is 1. The minimum absolute atomic E-state index is 0.397. The summed E-state index contributed by atoms with van der Waals surface area (Å²) >= 11 is 0. The van der Waals surface area contributed by atoms with Crippen molar-refractivity contribution in [1.29, 1.82) is 0 Å². The van der Waals surface area contributed by atoms with Gasteiger partial charge in [0.05, 0.1) is 18.3 Å². The van der Waals surface area contributed by atoms with Crippen molar-refractivity contribution in [1.82, 2.24) is 20.0 Å². The van der Waals surface area contributed by atoms with E-state index in [2.05, 4.69) is 53.4 Å². The van der Waals surface area contributed by atoms with Gasteiger partial charge in [0, 0.05) is 38.6 Å². The fourth-order valence-electron chi connectivity index (χ4n) is 3.24. The zero-order valence-corrected chi connectivity index (χ0v) is 15.8. The molecule has 0 radical (unpaired) electrons. The van der Waals surface area contributed by atoms with Crippen LogP contribution in [0.1, 0.15) is 32.3 Å². The van der Waals surface area contributed by atoms with Crippen LogP contribution < -0.4 is 5.32 Å². The monoisotopic (exact) mass is 355 g/mol. The lowest BCUT2D eigenvalue weighted by atomic mass is 10.1. The first-order valence-corrected chi connectivity index (χ1v) is 9.54. The van der Waals surface area contributed by atoms with E-state index in [0.717, 1.165) is 50.7 Å². The molecule has 1 aliphatic heterocycles. The molecule has 2 aromatic rings. The van der Waals surface area contributed by atoms with Gasteiger partial charge in [0.15, 0.2) is 5.96 Å². The molecule has 0 spiro atoms. The van der Waals surface area contributed by atoms with E-state index in [1.165, 1.54) is 5.56 Å². The highest BCUT2D eigenvalue weighted by atomic mass is 16.5. The molecule has 1 fully saturated rings. The first kappa shape index (κ1) is 18.5. The second kappa shape index (κ2) is 9.38.